The van der Waals surface area contributed by atoms with E-state index in [4.69, 9.17) is 0 Å². The van der Waals surface area contributed by atoms with Crippen molar-refractivity contribution in [3.8, 4) is 0 Å². The van der Waals surface area contributed by atoms with Crippen molar-refractivity contribution in [1.29, 1.82) is 0 Å². The lowest BCUT2D eigenvalue weighted by atomic mass is 10.2. The van der Waals surface area contributed by atoms with E-state index >= 15 is 0 Å². The zero-order valence-corrected chi connectivity index (χ0v) is 10.9. The highest BCUT2D eigenvalue weighted by Gasteiger charge is 2.07. The number of fused-ring (bicyclic) bond motifs is 1. The fourth-order valence-corrected chi connectivity index (χ4v) is 1.77. The average Bonchev–Trinajstić information content (AvgIpc) is 2.73. The summed E-state index contributed by atoms with van der Waals surface area (Å²) in [6.07, 6.45) is 3.70. The summed E-state index contributed by atoms with van der Waals surface area (Å²) in [6.45, 7) is 4.17. The van der Waals surface area contributed by atoms with Crippen LogP contribution in [0.2, 0.25) is 0 Å². The molecule has 0 radical (unpaired) electrons. The van der Waals surface area contributed by atoms with Crippen LogP contribution in [0, 0.1) is 6.92 Å². The lowest BCUT2D eigenvalue weighted by Gasteiger charge is -2.05. The Morgan fingerprint density at radius 1 is 1.32 bits per heavy atom. The number of amides is 2. The fourth-order valence-electron chi connectivity index (χ4n) is 1.77. The molecule has 2 rings (SSSR count). The summed E-state index contributed by atoms with van der Waals surface area (Å²) in [4.78, 5) is 26.9. The SMILES string of the molecule is CC(=O)NCCNC(=O)c1ccn2cc(C)nc2c1. The maximum Gasteiger partial charge on any atom is 0.251 e. The van der Waals surface area contributed by atoms with E-state index in [1.54, 1.807) is 18.3 Å². The van der Waals surface area contributed by atoms with E-state index in [1.165, 1.54) is 6.92 Å². The van der Waals surface area contributed by atoms with Crippen molar-refractivity contribution >= 4 is 17.5 Å². The number of carbonyl (C=O) groups is 2. The van der Waals surface area contributed by atoms with Gasteiger partial charge in [0.05, 0.1) is 5.69 Å². The molecule has 0 aromatic carbocycles. The molecule has 0 bridgehead atoms. The lowest BCUT2D eigenvalue weighted by molar-refractivity contribution is -0.118. The van der Waals surface area contributed by atoms with Crippen LogP contribution in [-0.2, 0) is 4.79 Å². The Morgan fingerprint density at radius 3 is 2.79 bits per heavy atom. The monoisotopic (exact) mass is 260 g/mol. The Balaban J connectivity index is 1.98. The van der Waals surface area contributed by atoms with E-state index in [-0.39, 0.29) is 11.8 Å². The van der Waals surface area contributed by atoms with Crippen LogP contribution >= 0.6 is 0 Å². The zero-order valence-electron chi connectivity index (χ0n) is 10.9. The maximum atomic E-state index is 11.9. The highest BCUT2D eigenvalue weighted by atomic mass is 16.2. The fraction of sp³-hybridized carbons (Fsp3) is 0.308. The lowest BCUT2D eigenvalue weighted by Crippen LogP contribution is -2.33. The van der Waals surface area contributed by atoms with Gasteiger partial charge in [-0.3, -0.25) is 9.59 Å². The van der Waals surface area contributed by atoms with Crippen LogP contribution in [0.4, 0.5) is 0 Å². The molecule has 0 aliphatic heterocycles. The van der Waals surface area contributed by atoms with Gasteiger partial charge in [0.15, 0.2) is 0 Å². The molecule has 19 heavy (non-hydrogen) atoms. The van der Waals surface area contributed by atoms with E-state index in [9.17, 15) is 9.59 Å². The molecule has 0 aliphatic carbocycles. The summed E-state index contributed by atoms with van der Waals surface area (Å²) in [7, 11) is 0. The second-order valence-corrected chi connectivity index (χ2v) is 4.30. The smallest absolute Gasteiger partial charge is 0.251 e. The van der Waals surface area contributed by atoms with Crippen LogP contribution in [0.3, 0.4) is 0 Å². The van der Waals surface area contributed by atoms with Crippen molar-refractivity contribution in [2.45, 2.75) is 13.8 Å². The van der Waals surface area contributed by atoms with Gasteiger partial charge in [-0.1, -0.05) is 0 Å². The van der Waals surface area contributed by atoms with Crippen LogP contribution in [-0.4, -0.2) is 34.3 Å². The van der Waals surface area contributed by atoms with E-state index in [0.717, 1.165) is 11.3 Å². The van der Waals surface area contributed by atoms with Crippen LogP contribution in [0.5, 0.6) is 0 Å². The van der Waals surface area contributed by atoms with E-state index < -0.39 is 0 Å². The largest absolute Gasteiger partial charge is 0.355 e. The van der Waals surface area contributed by atoms with Crippen molar-refractivity contribution in [3.63, 3.8) is 0 Å². The van der Waals surface area contributed by atoms with Gasteiger partial charge in [-0.15, -0.1) is 0 Å². The third-order valence-electron chi connectivity index (χ3n) is 2.63. The molecule has 0 atom stereocenters. The number of aryl methyl sites for hydroxylation is 1. The second-order valence-electron chi connectivity index (χ2n) is 4.30. The molecule has 0 aliphatic rings. The molecule has 2 aromatic rings. The summed E-state index contributed by atoms with van der Waals surface area (Å²) in [6, 6.07) is 3.47. The number of rotatable bonds is 4. The van der Waals surface area contributed by atoms with Crippen LogP contribution in [0.25, 0.3) is 5.65 Å². The maximum absolute atomic E-state index is 11.9. The van der Waals surface area contributed by atoms with Gasteiger partial charge in [-0.25, -0.2) is 4.98 Å². The molecule has 0 unspecified atom stereocenters. The van der Waals surface area contributed by atoms with Crippen molar-refractivity contribution in [1.82, 2.24) is 20.0 Å². The molecule has 6 heteroatoms. The standard InChI is InChI=1S/C13H16N4O2/c1-9-8-17-6-3-11(7-12(17)16-9)13(19)15-5-4-14-10(2)18/h3,6-8H,4-5H2,1-2H3,(H,14,18)(H,15,19). The van der Waals surface area contributed by atoms with Crippen molar-refractivity contribution in [2.24, 2.45) is 0 Å². The Kier molecular flexibility index (Phi) is 3.79. The van der Waals surface area contributed by atoms with Crippen LogP contribution < -0.4 is 10.6 Å². The molecule has 2 heterocycles. The molecule has 2 amide bonds. The summed E-state index contributed by atoms with van der Waals surface area (Å²) in [5.41, 5.74) is 2.20. The number of hydrogen-bond acceptors (Lipinski definition) is 3. The number of carbonyl (C=O) groups excluding carboxylic acids is 2. The second kappa shape index (κ2) is 5.51. The molecule has 0 spiro atoms. The highest BCUT2D eigenvalue weighted by Crippen LogP contribution is 2.07. The number of imidazole rings is 1. The van der Waals surface area contributed by atoms with Crippen LogP contribution in [0.15, 0.2) is 24.5 Å². The molecule has 0 saturated carbocycles. The number of hydrogen-bond donors (Lipinski definition) is 2. The normalized spacial score (nSPS) is 10.4. The molecule has 0 fully saturated rings. The van der Waals surface area contributed by atoms with Crippen molar-refractivity contribution < 1.29 is 9.59 Å². The van der Waals surface area contributed by atoms with Gasteiger partial charge in [0.1, 0.15) is 5.65 Å². The molecule has 2 aromatic heterocycles. The van der Waals surface area contributed by atoms with Gasteiger partial charge in [-0.2, -0.15) is 0 Å². The first kappa shape index (κ1) is 13.1. The molecule has 100 valence electrons. The molecular weight excluding hydrogens is 244 g/mol. The average molecular weight is 260 g/mol. The van der Waals surface area contributed by atoms with Crippen molar-refractivity contribution in [3.05, 3.63) is 35.8 Å². The molecule has 0 saturated heterocycles. The molecule has 6 nitrogen and oxygen atoms in total. The Hall–Kier alpha value is -2.37. The minimum absolute atomic E-state index is 0.108. The summed E-state index contributed by atoms with van der Waals surface area (Å²) >= 11 is 0. The number of nitrogens with one attached hydrogen (secondary N) is 2. The van der Waals surface area contributed by atoms with Gasteiger partial charge < -0.3 is 15.0 Å². The van der Waals surface area contributed by atoms with E-state index in [2.05, 4.69) is 15.6 Å². The quantitative estimate of drug-likeness (QED) is 0.786. The minimum atomic E-state index is -0.173. The predicted molar refractivity (Wildman–Crippen MR) is 70.9 cm³/mol. The first-order valence-corrected chi connectivity index (χ1v) is 6.04. The van der Waals surface area contributed by atoms with Gasteiger partial charge in [0.2, 0.25) is 5.91 Å². The Bertz CT molecular complexity index is 618. The Morgan fingerprint density at radius 2 is 2.05 bits per heavy atom. The summed E-state index contributed by atoms with van der Waals surface area (Å²) < 4.78 is 1.86. The molecular formula is C13H16N4O2. The number of nitrogens with zero attached hydrogens (tertiary/aromatic N) is 2. The van der Waals surface area contributed by atoms with Crippen LogP contribution in [0.1, 0.15) is 23.0 Å². The predicted octanol–water partition coefficient (Wildman–Crippen LogP) is 0.509. The van der Waals surface area contributed by atoms with E-state index in [0.29, 0.717) is 18.7 Å². The number of aromatic nitrogens is 2. The first-order chi connectivity index (χ1) is 9.06. The van der Waals surface area contributed by atoms with Gasteiger partial charge in [0, 0.05) is 38.0 Å². The summed E-state index contributed by atoms with van der Waals surface area (Å²) in [5, 5.41) is 5.35. The van der Waals surface area contributed by atoms with Gasteiger partial charge in [0.25, 0.3) is 5.91 Å². The van der Waals surface area contributed by atoms with Gasteiger partial charge in [-0.05, 0) is 19.1 Å². The van der Waals surface area contributed by atoms with Crippen molar-refractivity contribution in [2.75, 3.05) is 13.1 Å². The third kappa shape index (κ3) is 3.31. The first-order valence-electron chi connectivity index (χ1n) is 6.04. The minimum Gasteiger partial charge on any atom is -0.355 e. The zero-order chi connectivity index (χ0) is 13.8. The van der Waals surface area contributed by atoms with E-state index in [1.807, 2.05) is 17.5 Å². The molecule has 2 N–H and O–H groups in total. The summed E-state index contributed by atoms with van der Waals surface area (Å²) in [5.74, 6) is -0.281. The van der Waals surface area contributed by atoms with Gasteiger partial charge >= 0.3 is 0 Å². The highest BCUT2D eigenvalue weighted by molar-refractivity contribution is 5.95. The third-order valence-corrected chi connectivity index (χ3v) is 2.63. The Labute approximate surface area is 110 Å². The topological polar surface area (TPSA) is 75.5 Å². The number of pyridine rings is 1.